The fraction of sp³-hybridized carbons (Fsp3) is 0.600. The zero-order valence-electron chi connectivity index (χ0n) is 11.3. The molecule has 0 aliphatic carbocycles. The molecule has 1 aromatic carbocycles. The molecular formula is C15H24N2. The number of nitrogens with zero attached hydrogens (tertiary/aromatic N) is 2. The van der Waals surface area contributed by atoms with Gasteiger partial charge in [0.15, 0.2) is 0 Å². The van der Waals surface area contributed by atoms with Crippen LogP contribution in [0.2, 0.25) is 0 Å². The van der Waals surface area contributed by atoms with Crippen molar-refractivity contribution in [1.82, 2.24) is 9.80 Å². The van der Waals surface area contributed by atoms with Gasteiger partial charge < -0.3 is 0 Å². The second kappa shape index (κ2) is 5.65. The van der Waals surface area contributed by atoms with Gasteiger partial charge in [-0.25, -0.2) is 0 Å². The first-order valence-corrected chi connectivity index (χ1v) is 6.64. The lowest BCUT2D eigenvalue weighted by Gasteiger charge is -2.27. The zero-order chi connectivity index (χ0) is 12.3. The highest BCUT2D eigenvalue weighted by molar-refractivity contribution is 5.20. The molecule has 1 heterocycles. The van der Waals surface area contributed by atoms with E-state index in [4.69, 9.17) is 0 Å². The number of likely N-dealkylation sites (tertiary alicyclic amines) is 1. The summed E-state index contributed by atoms with van der Waals surface area (Å²) in [5.41, 5.74) is 1.50. The van der Waals surface area contributed by atoms with Crippen LogP contribution >= 0.6 is 0 Å². The van der Waals surface area contributed by atoms with Crippen molar-refractivity contribution in [3.63, 3.8) is 0 Å². The Kier molecular flexibility index (Phi) is 4.19. The first-order valence-electron chi connectivity index (χ1n) is 6.64. The van der Waals surface area contributed by atoms with Gasteiger partial charge in [-0.2, -0.15) is 0 Å². The van der Waals surface area contributed by atoms with Crippen molar-refractivity contribution in [2.45, 2.75) is 32.2 Å². The zero-order valence-corrected chi connectivity index (χ0v) is 11.3. The Bertz CT molecular complexity index is 334. The van der Waals surface area contributed by atoms with Crippen molar-refractivity contribution in [2.75, 3.05) is 26.8 Å². The van der Waals surface area contributed by atoms with Crippen LogP contribution in [0.1, 0.15) is 31.7 Å². The van der Waals surface area contributed by atoms with E-state index in [1.807, 2.05) is 0 Å². The summed E-state index contributed by atoms with van der Waals surface area (Å²) in [5, 5.41) is 0. The average Bonchev–Trinajstić information content (AvgIpc) is 2.78. The van der Waals surface area contributed by atoms with E-state index < -0.39 is 0 Å². The van der Waals surface area contributed by atoms with E-state index in [9.17, 15) is 0 Å². The van der Waals surface area contributed by atoms with Gasteiger partial charge in [-0.15, -0.1) is 0 Å². The molecule has 0 N–H and O–H groups in total. The fourth-order valence-electron chi connectivity index (χ4n) is 2.44. The molecule has 0 aromatic heterocycles. The summed E-state index contributed by atoms with van der Waals surface area (Å²) < 4.78 is 0. The van der Waals surface area contributed by atoms with Crippen molar-refractivity contribution in [3.05, 3.63) is 35.9 Å². The van der Waals surface area contributed by atoms with Crippen molar-refractivity contribution >= 4 is 0 Å². The minimum absolute atomic E-state index is 0.630. The molecule has 0 bridgehead atoms. The highest BCUT2D eigenvalue weighted by Crippen LogP contribution is 2.26. The SMILES string of the molecule is CC(C)N(C)CN1CCC(c2ccccc2)C1. The molecule has 94 valence electrons. The van der Waals surface area contributed by atoms with Gasteiger partial charge in [-0.05, 0) is 38.8 Å². The summed E-state index contributed by atoms with van der Waals surface area (Å²) in [6.07, 6.45) is 1.30. The lowest BCUT2D eigenvalue weighted by Crippen LogP contribution is -2.37. The summed E-state index contributed by atoms with van der Waals surface area (Å²) in [7, 11) is 2.21. The third-order valence-corrected chi connectivity index (χ3v) is 3.85. The van der Waals surface area contributed by atoms with Gasteiger partial charge in [0.2, 0.25) is 0 Å². The van der Waals surface area contributed by atoms with Crippen molar-refractivity contribution in [2.24, 2.45) is 0 Å². The standard InChI is InChI=1S/C15H24N2/c1-13(2)16(3)12-17-10-9-15(11-17)14-7-5-4-6-8-14/h4-8,13,15H,9-12H2,1-3H3. The smallest absolute Gasteiger partial charge is 0.0506 e. The summed E-state index contributed by atoms with van der Waals surface area (Å²) in [4.78, 5) is 4.98. The quantitative estimate of drug-likeness (QED) is 0.787. The van der Waals surface area contributed by atoms with E-state index in [0.29, 0.717) is 6.04 Å². The Morgan fingerprint density at radius 1 is 1.29 bits per heavy atom. The van der Waals surface area contributed by atoms with Gasteiger partial charge in [0, 0.05) is 19.1 Å². The molecule has 0 radical (unpaired) electrons. The molecule has 1 aromatic rings. The molecule has 0 spiro atoms. The van der Waals surface area contributed by atoms with E-state index >= 15 is 0 Å². The number of rotatable bonds is 4. The Morgan fingerprint density at radius 2 is 2.00 bits per heavy atom. The lowest BCUT2D eigenvalue weighted by molar-refractivity contribution is 0.151. The summed E-state index contributed by atoms with van der Waals surface area (Å²) in [6, 6.07) is 11.6. The molecule has 2 nitrogen and oxygen atoms in total. The summed E-state index contributed by atoms with van der Waals surface area (Å²) in [5.74, 6) is 0.733. The van der Waals surface area contributed by atoms with E-state index in [2.05, 4.69) is 61.0 Å². The van der Waals surface area contributed by atoms with Crippen LogP contribution in [0.15, 0.2) is 30.3 Å². The maximum atomic E-state index is 2.57. The van der Waals surface area contributed by atoms with Gasteiger partial charge in [-0.1, -0.05) is 30.3 Å². The molecular weight excluding hydrogens is 208 g/mol. The Labute approximate surface area is 105 Å². The molecule has 2 rings (SSSR count). The third kappa shape index (κ3) is 3.30. The molecule has 0 amide bonds. The van der Waals surface area contributed by atoms with Gasteiger partial charge in [0.05, 0.1) is 6.67 Å². The van der Waals surface area contributed by atoms with E-state index in [-0.39, 0.29) is 0 Å². The Morgan fingerprint density at radius 3 is 2.65 bits per heavy atom. The van der Waals surface area contributed by atoms with Crippen LogP contribution in [0.3, 0.4) is 0 Å². The first kappa shape index (κ1) is 12.6. The number of hydrogen-bond acceptors (Lipinski definition) is 2. The fourth-order valence-corrected chi connectivity index (χ4v) is 2.44. The van der Waals surface area contributed by atoms with Crippen molar-refractivity contribution in [3.8, 4) is 0 Å². The first-order chi connectivity index (χ1) is 8.16. The summed E-state index contributed by atoms with van der Waals surface area (Å²) in [6.45, 7) is 8.05. The predicted molar refractivity (Wildman–Crippen MR) is 73.1 cm³/mol. The molecule has 0 saturated carbocycles. The maximum absolute atomic E-state index is 2.57. The highest BCUT2D eigenvalue weighted by atomic mass is 15.3. The molecule has 2 heteroatoms. The third-order valence-electron chi connectivity index (χ3n) is 3.85. The molecule has 17 heavy (non-hydrogen) atoms. The van der Waals surface area contributed by atoms with Gasteiger partial charge in [-0.3, -0.25) is 9.80 Å². The predicted octanol–water partition coefficient (Wildman–Crippen LogP) is 2.77. The van der Waals surface area contributed by atoms with Crippen molar-refractivity contribution in [1.29, 1.82) is 0 Å². The van der Waals surface area contributed by atoms with Gasteiger partial charge >= 0.3 is 0 Å². The van der Waals surface area contributed by atoms with E-state index in [0.717, 1.165) is 12.6 Å². The maximum Gasteiger partial charge on any atom is 0.0506 e. The van der Waals surface area contributed by atoms with E-state index in [1.54, 1.807) is 0 Å². The molecule has 1 fully saturated rings. The Balaban J connectivity index is 1.88. The summed E-state index contributed by atoms with van der Waals surface area (Å²) >= 11 is 0. The monoisotopic (exact) mass is 232 g/mol. The van der Waals surface area contributed by atoms with Crippen LogP contribution in [0.25, 0.3) is 0 Å². The van der Waals surface area contributed by atoms with Crippen LogP contribution in [0.4, 0.5) is 0 Å². The second-order valence-electron chi connectivity index (χ2n) is 5.47. The normalized spacial score (nSPS) is 21.6. The molecule has 1 atom stereocenters. The van der Waals surface area contributed by atoms with Crippen LogP contribution in [-0.4, -0.2) is 42.6 Å². The van der Waals surface area contributed by atoms with Crippen LogP contribution in [0.5, 0.6) is 0 Å². The van der Waals surface area contributed by atoms with Gasteiger partial charge in [0.25, 0.3) is 0 Å². The Hall–Kier alpha value is -0.860. The second-order valence-corrected chi connectivity index (χ2v) is 5.47. The number of benzene rings is 1. The largest absolute Gasteiger partial charge is 0.291 e. The topological polar surface area (TPSA) is 6.48 Å². The molecule has 1 aliphatic heterocycles. The van der Waals surface area contributed by atoms with E-state index in [1.165, 1.54) is 25.1 Å². The lowest BCUT2D eigenvalue weighted by atomic mass is 9.99. The minimum atomic E-state index is 0.630. The van der Waals surface area contributed by atoms with Gasteiger partial charge in [0.1, 0.15) is 0 Å². The van der Waals surface area contributed by atoms with Crippen molar-refractivity contribution < 1.29 is 0 Å². The molecule has 1 saturated heterocycles. The van der Waals surface area contributed by atoms with Crippen LogP contribution < -0.4 is 0 Å². The number of hydrogen-bond donors (Lipinski definition) is 0. The minimum Gasteiger partial charge on any atom is -0.291 e. The van der Waals surface area contributed by atoms with Crippen LogP contribution in [-0.2, 0) is 0 Å². The van der Waals surface area contributed by atoms with Crippen LogP contribution in [0, 0.1) is 0 Å². The molecule has 1 unspecified atom stereocenters. The highest BCUT2D eigenvalue weighted by Gasteiger charge is 2.24. The average molecular weight is 232 g/mol. The molecule has 1 aliphatic rings.